The van der Waals surface area contributed by atoms with Gasteiger partial charge in [-0.05, 0) is 32.1 Å². The van der Waals surface area contributed by atoms with Crippen molar-refractivity contribution < 1.29 is 24.5 Å². The average Bonchev–Trinajstić information content (AvgIpc) is 3.60. The van der Waals surface area contributed by atoms with Crippen LogP contribution in [0.2, 0.25) is 0 Å². The molecule has 0 heterocycles. The third-order valence-corrected chi connectivity index (χ3v) is 19.1. The number of hydrogen-bond acceptors (Lipinski definition) is 5. The van der Waals surface area contributed by atoms with Crippen LogP contribution in [0.15, 0.2) is 12.2 Å². The second-order valence-electron chi connectivity index (χ2n) is 27.8. The Kier molecular flexibility index (Phi) is 74.8. The predicted octanol–water partition coefficient (Wildman–Crippen LogP) is 26.3. The average molecular weight is 1210 g/mol. The summed E-state index contributed by atoms with van der Waals surface area (Å²) in [5.74, 6) is -0.0323. The highest BCUT2D eigenvalue weighted by Crippen LogP contribution is 2.20. The number of carbonyl (C=O) groups excluding carboxylic acids is 2. The Morgan fingerprint density at radius 3 is 0.791 bits per heavy atom. The van der Waals surface area contributed by atoms with Crippen LogP contribution in [0.1, 0.15) is 463 Å². The summed E-state index contributed by atoms with van der Waals surface area (Å²) in [6, 6.07) is -0.624. The van der Waals surface area contributed by atoms with Crippen molar-refractivity contribution in [2.24, 2.45) is 0 Å². The van der Waals surface area contributed by atoms with Gasteiger partial charge in [0.2, 0.25) is 5.91 Å². The van der Waals surface area contributed by atoms with Crippen LogP contribution in [0.25, 0.3) is 0 Å². The van der Waals surface area contributed by atoms with Crippen LogP contribution >= 0.6 is 0 Å². The molecule has 0 aromatic carbocycles. The molecule has 0 aromatic rings. The van der Waals surface area contributed by atoms with Crippen molar-refractivity contribution >= 4 is 11.9 Å². The van der Waals surface area contributed by atoms with E-state index < -0.39 is 12.1 Å². The van der Waals surface area contributed by atoms with Gasteiger partial charge >= 0.3 is 5.97 Å². The fourth-order valence-electron chi connectivity index (χ4n) is 13.0. The summed E-state index contributed by atoms with van der Waals surface area (Å²) in [6.07, 6.45) is 96.3. The molecule has 0 aliphatic carbocycles. The normalized spacial score (nSPS) is 12.5. The van der Waals surface area contributed by atoms with Crippen molar-refractivity contribution in [3.05, 3.63) is 12.2 Å². The van der Waals surface area contributed by atoms with E-state index in [1.165, 1.54) is 398 Å². The van der Waals surface area contributed by atoms with Gasteiger partial charge < -0.3 is 20.3 Å². The maximum absolute atomic E-state index is 12.5. The Hall–Kier alpha value is -1.40. The van der Waals surface area contributed by atoms with Crippen LogP contribution in [-0.2, 0) is 14.3 Å². The fourth-order valence-corrected chi connectivity index (χ4v) is 13.0. The van der Waals surface area contributed by atoms with Gasteiger partial charge in [-0.2, -0.15) is 0 Å². The van der Waals surface area contributed by atoms with Gasteiger partial charge in [-0.25, -0.2) is 0 Å². The molecule has 86 heavy (non-hydrogen) atoms. The summed E-state index contributed by atoms with van der Waals surface area (Å²) in [4.78, 5) is 24.6. The molecule has 2 atom stereocenters. The first kappa shape index (κ1) is 84.6. The summed E-state index contributed by atoms with van der Waals surface area (Å²) >= 11 is 0. The van der Waals surface area contributed by atoms with Crippen LogP contribution in [0, 0.1) is 0 Å². The second-order valence-corrected chi connectivity index (χ2v) is 27.8. The van der Waals surface area contributed by atoms with E-state index in [0.29, 0.717) is 19.4 Å². The van der Waals surface area contributed by atoms with Crippen LogP contribution in [0.4, 0.5) is 0 Å². The summed E-state index contributed by atoms with van der Waals surface area (Å²) in [7, 11) is 0. The Morgan fingerprint density at radius 2 is 0.535 bits per heavy atom. The maximum Gasteiger partial charge on any atom is 0.305 e. The first-order valence-electron chi connectivity index (χ1n) is 40.0. The Labute approximate surface area is 539 Å². The van der Waals surface area contributed by atoms with Gasteiger partial charge in [-0.15, -0.1) is 0 Å². The SMILES string of the molecule is CCCCCCCCCCCCCCCCCCCC/C=C/C(O)C(CO)NC(=O)CCCCCCCCCCCCCCCCCCCCCCCCCCCCCCCCCCCCCCCOC(=O)CCCCCCCCCCCCCC. The molecule has 0 aliphatic heterocycles. The van der Waals surface area contributed by atoms with E-state index in [2.05, 4.69) is 19.2 Å². The van der Waals surface area contributed by atoms with Gasteiger partial charge in [0.15, 0.2) is 0 Å². The number of aliphatic hydroxyl groups excluding tert-OH is 2. The monoisotopic (exact) mass is 1210 g/mol. The van der Waals surface area contributed by atoms with E-state index in [9.17, 15) is 19.8 Å². The molecular weight excluding hydrogens is 1050 g/mol. The van der Waals surface area contributed by atoms with E-state index in [4.69, 9.17) is 4.74 Å². The highest BCUT2D eigenvalue weighted by molar-refractivity contribution is 5.76. The molecule has 3 N–H and O–H groups in total. The van der Waals surface area contributed by atoms with E-state index in [1.807, 2.05) is 6.08 Å². The second kappa shape index (κ2) is 76.1. The largest absolute Gasteiger partial charge is 0.466 e. The summed E-state index contributed by atoms with van der Waals surface area (Å²) in [5.41, 5.74) is 0. The number of aliphatic hydroxyl groups is 2. The van der Waals surface area contributed by atoms with Gasteiger partial charge in [0.1, 0.15) is 0 Å². The molecule has 2 unspecified atom stereocenters. The molecule has 0 spiro atoms. The lowest BCUT2D eigenvalue weighted by Gasteiger charge is -2.20. The number of amides is 1. The van der Waals surface area contributed by atoms with Crippen molar-refractivity contribution in [2.75, 3.05) is 13.2 Å². The molecule has 0 aromatic heterocycles. The van der Waals surface area contributed by atoms with Crippen LogP contribution in [-0.4, -0.2) is 47.4 Å². The highest BCUT2D eigenvalue weighted by Gasteiger charge is 2.18. The van der Waals surface area contributed by atoms with Crippen molar-refractivity contribution in [3.8, 4) is 0 Å². The molecule has 0 saturated carbocycles. The molecule has 0 aliphatic rings. The lowest BCUT2D eigenvalue weighted by Crippen LogP contribution is -2.45. The molecule has 1 amide bonds. The Morgan fingerprint density at radius 1 is 0.314 bits per heavy atom. The highest BCUT2D eigenvalue weighted by atomic mass is 16.5. The maximum atomic E-state index is 12.5. The molecule has 0 rings (SSSR count). The minimum absolute atomic E-state index is 0.0249. The van der Waals surface area contributed by atoms with E-state index in [1.54, 1.807) is 6.08 Å². The topological polar surface area (TPSA) is 95.9 Å². The summed E-state index contributed by atoms with van der Waals surface area (Å²) < 4.78 is 5.49. The van der Waals surface area contributed by atoms with E-state index in [-0.39, 0.29) is 18.5 Å². The van der Waals surface area contributed by atoms with Crippen LogP contribution < -0.4 is 5.32 Å². The minimum atomic E-state index is -0.841. The van der Waals surface area contributed by atoms with Gasteiger partial charge in [0.25, 0.3) is 0 Å². The first-order valence-corrected chi connectivity index (χ1v) is 40.0. The first-order chi connectivity index (χ1) is 42.5. The van der Waals surface area contributed by atoms with E-state index in [0.717, 1.165) is 38.5 Å². The number of nitrogens with one attached hydrogen (secondary N) is 1. The number of hydrogen-bond donors (Lipinski definition) is 3. The smallest absolute Gasteiger partial charge is 0.305 e. The zero-order valence-corrected chi connectivity index (χ0v) is 58.8. The van der Waals surface area contributed by atoms with Gasteiger partial charge in [0, 0.05) is 12.8 Å². The Balaban J connectivity index is 3.32. The third kappa shape index (κ3) is 71.7. The molecule has 6 heteroatoms. The van der Waals surface area contributed by atoms with Gasteiger partial charge in [-0.3, -0.25) is 9.59 Å². The molecule has 0 bridgehead atoms. The minimum Gasteiger partial charge on any atom is -0.466 e. The fraction of sp³-hybridized carbons (Fsp3) is 0.950. The standard InChI is InChI=1S/C80H157NO5/c1-3-5-7-9-11-13-15-17-18-19-20-40-43-46-49-52-56-60-64-68-72-78(83)77(76-82)81-79(84)73-69-65-61-57-53-50-47-44-41-38-36-34-32-30-28-26-24-22-21-23-25-27-29-31-33-35-37-39-42-45-48-51-55-59-63-67-71-75-86-80(85)74-70-66-62-58-54-16-14-12-10-8-6-4-2/h68,72,77-78,82-83H,3-67,69-71,73-76H2,1-2H3,(H,81,84)/b72-68+. The molecular formula is C80H157NO5. The number of unbranched alkanes of at least 4 members (excludes halogenated alkanes) is 65. The zero-order chi connectivity index (χ0) is 62.0. The van der Waals surface area contributed by atoms with Crippen molar-refractivity contribution in [1.82, 2.24) is 5.32 Å². The molecule has 0 radical (unpaired) electrons. The zero-order valence-electron chi connectivity index (χ0n) is 58.8. The van der Waals surface area contributed by atoms with Gasteiger partial charge in [-0.1, -0.05) is 431 Å². The summed E-state index contributed by atoms with van der Waals surface area (Å²) in [6.45, 7) is 4.96. The Bertz CT molecular complexity index is 1300. The third-order valence-electron chi connectivity index (χ3n) is 19.1. The molecule has 0 fully saturated rings. The van der Waals surface area contributed by atoms with E-state index >= 15 is 0 Å². The summed E-state index contributed by atoms with van der Waals surface area (Å²) in [5, 5.41) is 23.3. The van der Waals surface area contributed by atoms with Crippen LogP contribution in [0.3, 0.4) is 0 Å². The van der Waals surface area contributed by atoms with Gasteiger partial charge in [0.05, 0.1) is 25.4 Å². The number of esters is 1. The number of carbonyl (C=O) groups is 2. The number of allylic oxidation sites excluding steroid dienone is 1. The predicted molar refractivity (Wildman–Crippen MR) is 380 cm³/mol. The van der Waals surface area contributed by atoms with Crippen molar-refractivity contribution in [3.63, 3.8) is 0 Å². The quantitative estimate of drug-likeness (QED) is 0.0320. The van der Waals surface area contributed by atoms with Crippen molar-refractivity contribution in [2.45, 2.75) is 475 Å². The molecule has 0 saturated heterocycles. The number of ether oxygens (including phenoxy) is 1. The van der Waals surface area contributed by atoms with Crippen LogP contribution in [0.5, 0.6) is 0 Å². The number of rotatable bonds is 76. The molecule has 512 valence electrons. The van der Waals surface area contributed by atoms with Crippen molar-refractivity contribution in [1.29, 1.82) is 0 Å². The lowest BCUT2D eigenvalue weighted by molar-refractivity contribution is -0.143. The molecule has 6 nitrogen and oxygen atoms in total. The lowest BCUT2D eigenvalue weighted by atomic mass is 10.0.